The summed E-state index contributed by atoms with van der Waals surface area (Å²) >= 11 is 6.39. The number of amides is 3. The minimum atomic E-state index is -4.83. The maximum Gasteiger partial charge on any atom is 0.411 e. The summed E-state index contributed by atoms with van der Waals surface area (Å²) in [6.07, 6.45) is -10.6. The molecule has 3 amide bonds. The molecule has 0 bridgehead atoms. The zero-order valence-corrected chi connectivity index (χ0v) is 30.8. The highest BCUT2D eigenvalue weighted by Crippen LogP contribution is 2.49. The molecule has 302 valence electrons. The zero-order chi connectivity index (χ0) is 41.7. The number of aliphatic imine (C=N–C) groups is 1. The van der Waals surface area contributed by atoms with Crippen LogP contribution in [-0.2, 0) is 15.1 Å². The summed E-state index contributed by atoms with van der Waals surface area (Å²) in [6.45, 7) is 4.11. The van der Waals surface area contributed by atoms with E-state index in [1.165, 1.54) is 30.3 Å². The minimum absolute atomic E-state index is 0.0899. The van der Waals surface area contributed by atoms with Gasteiger partial charge in [-0.2, -0.15) is 18.3 Å². The number of alkyl carbamates (subject to hydrolysis) is 1. The highest BCUT2D eigenvalue weighted by Gasteiger charge is 2.65. The lowest BCUT2D eigenvalue weighted by atomic mass is 9.75. The molecule has 0 spiro atoms. The minimum Gasteiger partial charge on any atom is -0.465 e. The van der Waals surface area contributed by atoms with Gasteiger partial charge in [-0.05, 0) is 60.6 Å². The Kier molecular flexibility index (Phi) is 10.7. The molecule has 57 heavy (non-hydrogen) atoms. The predicted octanol–water partition coefficient (Wildman–Crippen LogP) is 7.86. The van der Waals surface area contributed by atoms with Gasteiger partial charge in [0.25, 0.3) is 12.3 Å². The number of nitrogens with one attached hydrogen (secondary N) is 2. The maximum atomic E-state index is 16.4. The lowest BCUT2D eigenvalue weighted by molar-refractivity contribution is -0.164. The van der Waals surface area contributed by atoms with E-state index in [2.05, 4.69) is 20.1 Å². The van der Waals surface area contributed by atoms with E-state index in [4.69, 9.17) is 16.3 Å². The van der Waals surface area contributed by atoms with Crippen molar-refractivity contribution in [3.8, 4) is 16.9 Å². The number of aromatic nitrogens is 4. The number of rotatable bonds is 10. The number of carboxylic acid groups (broad SMARTS) is 1. The topological polar surface area (TPSA) is 164 Å². The van der Waals surface area contributed by atoms with Gasteiger partial charge >= 0.3 is 18.4 Å². The molecule has 2 aromatic heterocycles. The summed E-state index contributed by atoms with van der Waals surface area (Å²) in [7, 11) is 0. The van der Waals surface area contributed by atoms with Crippen molar-refractivity contribution in [3.63, 3.8) is 0 Å². The van der Waals surface area contributed by atoms with Crippen molar-refractivity contribution in [2.75, 3.05) is 6.61 Å². The number of carbonyl (C=O) groups is 3. The van der Waals surface area contributed by atoms with Crippen LogP contribution >= 0.6 is 11.6 Å². The van der Waals surface area contributed by atoms with E-state index in [0.717, 1.165) is 35.6 Å². The van der Waals surface area contributed by atoms with Crippen molar-refractivity contribution in [2.24, 2.45) is 10.4 Å². The largest absolute Gasteiger partial charge is 0.465 e. The first kappa shape index (κ1) is 40.9. The third-order valence-corrected chi connectivity index (χ3v) is 9.53. The van der Waals surface area contributed by atoms with E-state index < -0.39 is 96.1 Å². The van der Waals surface area contributed by atoms with Crippen molar-refractivity contribution in [1.29, 1.82) is 0 Å². The van der Waals surface area contributed by atoms with E-state index in [0.29, 0.717) is 4.68 Å². The molecular weight excluding hydrogens is 793 g/mol. The van der Waals surface area contributed by atoms with Crippen molar-refractivity contribution >= 4 is 35.7 Å². The molecule has 3 heterocycles. The Balaban J connectivity index is 1.49. The van der Waals surface area contributed by atoms with Gasteiger partial charge in [0, 0.05) is 11.1 Å². The molecule has 3 N–H and O–H groups in total. The lowest BCUT2D eigenvalue weighted by Gasteiger charge is -2.35. The quantitative estimate of drug-likeness (QED) is 0.136. The normalized spacial score (nSPS) is 18.4. The molecule has 6 rings (SSSR count). The molecule has 0 radical (unpaired) electrons. The molecule has 2 aromatic carbocycles. The summed E-state index contributed by atoms with van der Waals surface area (Å²) in [6, 6.07) is 7.98. The molecule has 1 unspecified atom stereocenters. The summed E-state index contributed by atoms with van der Waals surface area (Å²) in [5, 5.41) is 17.4. The number of hydrogen-bond acceptors (Lipinski definition) is 8. The van der Waals surface area contributed by atoms with Gasteiger partial charge in [-0.1, -0.05) is 50.6 Å². The molecule has 1 fully saturated rings. The van der Waals surface area contributed by atoms with Crippen LogP contribution in [0.5, 0.6) is 0 Å². The zero-order valence-electron chi connectivity index (χ0n) is 30.0. The molecule has 21 heteroatoms. The first-order chi connectivity index (χ1) is 26.6. The number of carbonyl (C=O) groups excluding carboxylic acids is 2. The monoisotopic (exact) mass is 824 g/mol. The summed E-state index contributed by atoms with van der Waals surface area (Å²) < 4.78 is 105. The molecule has 1 saturated carbocycles. The van der Waals surface area contributed by atoms with Crippen LogP contribution in [0.15, 0.2) is 66.0 Å². The number of hydrogen-bond donors (Lipinski definition) is 3. The molecule has 0 saturated heterocycles. The van der Waals surface area contributed by atoms with Gasteiger partial charge in [0.1, 0.15) is 30.1 Å². The summed E-state index contributed by atoms with van der Waals surface area (Å²) in [4.78, 5) is 53.0. The molecule has 13 nitrogen and oxygen atoms in total. The molecule has 2 aliphatic rings. The van der Waals surface area contributed by atoms with Crippen LogP contribution in [-0.4, -0.2) is 72.1 Å². The second-order valence-corrected chi connectivity index (χ2v) is 15.0. The average molecular weight is 825 g/mol. The first-order valence-corrected chi connectivity index (χ1v) is 17.4. The van der Waals surface area contributed by atoms with Crippen LogP contribution in [0, 0.1) is 17.0 Å². The van der Waals surface area contributed by atoms with Crippen LogP contribution in [0.4, 0.5) is 40.3 Å². The Morgan fingerprint density at radius 3 is 2.33 bits per heavy atom. The molecule has 4 aromatic rings. The smallest absolute Gasteiger partial charge is 0.411 e. The highest BCUT2D eigenvalue weighted by atomic mass is 35.5. The van der Waals surface area contributed by atoms with Crippen LogP contribution in [0.3, 0.4) is 0 Å². The van der Waals surface area contributed by atoms with Gasteiger partial charge in [0.15, 0.2) is 11.4 Å². The fraction of sp³-hybridized carbons (Fsp3) is 0.361. The molecule has 1 aliphatic carbocycles. The highest BCUT2D eigenvalue weighted by molar-refractivity contribution is 6.32. The van der Waals surface area contributed by atoms with Gasteiger partial charge in [0.05, 0.1) is 28.6 Å². The standard InChI is InChI=1S/C36H32ClF7N8O5/c1-33(2,3)16-35(21-7-4-18(12-23(21)39)24-9-6-20(38)14-45-24)29(53)51(30(49-35)48-31(54)55)26(15-57-32(56)50-34(10-11-34)36(42,43)44)19-5-8-22(37)25(13-19)52-28(27(40)41)46-17-47-52/h4-9,12-14,17,26-27H,10-11,15-16H2,1-3H3,(H,48,49)(H,50,56)(H,54,55)/t26?,35-/m1/s1. The van der Waals surface area contributed by atoms with Gasteiger partial charge in [-0.25, -0.2) is 41.8 Å². The Morgan fingerprint density at radius 2 is 1.75 bits per heavy atom. The van der Waals surface area contributed by atoms with Gasteiger partial charge in [-0.15, -0.1) is 0 Å². The van der Waals surface area contributed by atoms with Crippen LogP contribution < -0.4 is 10.6 Å². The molecular formula is C36H32ClF7N8O5. The van der Waals surface area contributed by atoms with E-state index in [9.17, 15) is 41.0 Å². The Morgan fingerprint density at radius 1 is 1.04 bits per heavy atom. The van der Waals surface area contributed by atoms with Crippen molar-refractivity contribution in [1.82, 2.24) is 35.3 Å². The lowest BCUT2D eigenvalue weighted by Crippen LogP contribution is -2.51. The third kappa shape index (κ3) is 8.21. The van der Waals surface area contributed by atoms with Gasteiger partial charge < -0.3 is 15.2 Å². The predicted molar refractivity (Wildman–Crippen MR) is 187 cm³/mol. The number of guanidine groups is 1. The van der Waals surface area contributed by atoms with E-state index in [1.807, 2.05) is 5.32 Å². The SMILES string of the molecule is CC(C)(C)C[C@]1(c2ccc(-c3ccc(F)cn3)cc2F)N=C(NC(=O)O)N(C(COC(=O)NC2(C(F)(F)F)CC2)c2ccc(Cl)c(-n3ncnc3C(F)F)c2)C1=O. The molecule has 1 aliphatic heterocycles. The van der Waals surface area contributed by atoms with Crippen LogP contribution in [0.1, 0.15) is 69.5 Å². The van der Waals surface area contributed by atoms with E-state index in [1.54, 1.807) is 26.1 Å². The average Bonchev–Trinajstić information content (AvgIpc) is 3.65. The van der Waals surface area contributed by atoms with Crippen molar-refractivity contribution < 1.29 is 55.0 Å². The molecule has 2 atom stereocenters. The maximum absolute atomic E-state index is 16.4. The number of nitrogens with zero attached hydrogens (tertiary/aromatic N) is 6. The number of halogens is 8. The number of alkyl halides is 5. The Bertz CT molecular complexity index is 2240. The fourth-order valence-electron chi connectivity index (χ4n) is 6.55. The summed E-state index contributed by atoms with van der Waals surface area (Å²) in [5.41, 5.74) is -5.92. The summed E-state index contributed by atoms with van der Waals surface area (Å²) in [5.74, 6) is -4.24. The number of benzene rings is 2. The van der Waals surface area contributed by atoms with Gasteiger partial charge in [-0.3, -0.25) is 20.0 Å². The van der Waals surface area contributed by atoms with Gasteiger partial charge in [0.2, 0.25) is 5.96 Å². The Hall–Kier alpha value is -5.79. The van der Waals surface area contributed by atoms with Crippen LogP contribution in [0.2, 0.25) is 5.02 Å². The fourth-order valence-corrected chi connectivity index (χ4v) is 6.75. The second kappa shape index (κ2) is 14.9. The number of ether oxygens (including phenoxy) is 1. The van der Waals surface area contributed by atoms with Crippen LogP contribution in [0.25, 0.3) is 16.9 Å². The van der Waals surface area contributed by atoms with Crippen molar-refractivity contribution in [2.45, 2.75) is 69.8 Å². The first-order valence-electron chi connectivity index (χ1n) is 17.0. The van der Waals surface area contributed by atoms with Crippen molar-refractivity contribution in [3.05, 3.63) is 94.7 Å². The van der Waals surface area contributed by atoms with E-state index in [-0.39, 0.29) is 39.5 Å². The third-order valence-electron chi connectivity index (χ3n) is 9.21. The second-order valence-electron chi connectivity index (χ2n) is 14.6. The number of pyridine rings is 1. The van der Waals surface area contributed by atoms with E-state index >= 15 is 9.18 Å². The Labute approximate surface area is 323 Å².